The number of ether oxygens (including phenoxy) is 1. The van der Waals surface area contributed by atoms with Crippen LogP contribution in [0.4, 0.5) is 0 Å². The summed E-state index contributed by atoms with van der Waals surface area (Å²) in [5.74, 6) is 0. The molecule has 1 unspecified atom stereocenters. The van der Waals surface area contributed by atoms with Gasteiger partial charge in [0.2, 0.25) is 0 Å². The molecule has 20 heavy (non-hydrogen) atoms. The molecule has 1 aromatic rings. The Balaban J connectivity index is 2.11. The van der Waals surface area contributed by atoms with Crippen LogP contribution in [0.2, 0.25) is 0 Å². The van der Waals surface area contributed by atoms with Crippen LogP contribution in [0.1, 0.15) is 49.3 Å². The molecule has 1 aromatic carbocycles. The smallest absolute Gasteiger partial charge is 0.0713 e. The summed E-state index contributed by atoms with van der Waals surface area (Å²) in [5.41, 5.74) is 8.60. The average Bonchev–Trinajstić information content (AvgIpc) is 2.49. The minimum atomic E-state index is 0.315. The summed E-state index contributed by atoms with van der Waals surface area (Å²) in [6, 6.07) is 9.65. The molecule has 1 fully saturated rings. The highest BCUT2D eigenvalue weighted by molar-refractivity contribution is 5.26. The third kappa shape index (κ3) is 3.81. The molecule has 1 atom stereocenters. The van der Waals surface area contributed by atoms with Crippen molar-refractivity contribution >= 4 is 0 Å². The predicted molar refractivity (Wildman–Crippen MR) is 83.6 cm³/mol. The number of nitrogens with zero attached hydrogens (tertiary/aromatic N) is 1. The van der Waals surface area contributed by atoms with Crippen molar-refractivity contribution in [1.29, 1.82) is 0 Å². The van der Waals surface area contributed by atoms with E-state index in [1.165, 1.54) is 43.2 Å². The van der Waals surface area contributed by atoms with Crippen LogP contribution in [0.5, 0.6) is 0 Å². The van der Waals surface area contributed by atoms with Gasteiger partial charge in [-0.15, -0.1) is 0 Å². The highest BCUT2D eigenvalue weighted by Crippen LogP contribution is 2.28. The summed E-state index contributed by atoms with van der Waals surface area (Å²) in [6.07, 6.45) is 6.72. The van der Waals surface area contributed by atoms with Crippen molar-refractivity contribution in [2.45, 2.75) is 50.8 Å². The van der Waals surface area contributed by atoms with Crippen molar-refractivity contribution in [3.63, 3.8) is 0 Å². The van der Waals surface area contributed by atoms with Crippen molar-refractivity contribution in [1.82, 2.24) is 4.90 Å². The number of benzene rings is 1. The topological polar surface area (TPSA) is 38.5 Å². The quantitative estimate of drug-likeness (QED) is 0.867. The first-order chi connectivity index (χ1) is 9.76. The van der Waals surface area contributed by atoms with Gasteiger partial charge in [-0.05, 0) is 31.0 Å². The van der Waals surface area contributed by atoms with E-state index < -0.39 is 0 Å². The highest BCUT2D eigenvalue weighted by Gasteiger charge is 2.24. The second-order valence-corrected chi connectivity index (χ2v) is 5.89. The fourth-order valence-electron chi connectivity index (χ4n) is 3.34. The minimum absolute atomic E-state index is 0.315. The molecular weight excluding hydrogens is 248 g/mol. The molecule has 0 aromatic heterocycles. The molecule has 0 radical (unpaired) electrons. The Kier molecular flexibility index (Phi) is 6.02. The molecular formula is C17H28N2O. The molecule has 1 saturated carbocycles. The van der Waals surface area contributed by atoms with Gasteiger partial charge in [-0.25, -0.2) is 0 Å². The SMILES string of the molecule is COCc1cccc(C(CN)N(C)C2CCCCC2)c1. The molecule has 2 N–H and O–H groups in total. The van der Waals surface area contributed by atoms with E-state index in [-0.39, 0.29) is 0 Å². The first kappa shape index (κ1) is 15.5. The third-order valence-corrected chi connectivity index (χ3v) is 4.51. The molecule has 0 aliphatic heterocycles. The van der Waals surface area contributed by atoms with Crippen LogP contribution in [-0.2, 0) is 11.3 Å². The number of rotatable bonds is 6. The predicted octanol–water partition coefficient (Wildman–Crippen LogP) is 3.10. The Morgan fingerprint density at radius 1 is 1.30 bits per heavy atom. The molecule has 2 rings (SSSR count). The van der Waals surface area contributed by atoms with Gasteiger partial charge >= 0.3 is 0 Å². The van der Waals surface area contributed by atoms with Gasteiger partial charge < -0.3 is 10.5 Å². The number of methoxy groups -OCH3 is 1. The number of likely N-dealkylation sites (N-methyl/N-ethyl adjacent to an activating group) is 1. The Bertz CT molecular complexity index is 402. The van der Waals surface area contributed by atoms with E-state index in [0.29, 0.717) is 25.2 Å². The van der Waals surface area contributed by atoms with E-state index in [0.717, 1.165) is 0 Å². The molecule has 1 aliphatic carbocycles. The van der Waals surface area contributed by atoms with Gasteiger partial charge in [0, 0.05) is 25.7 Å². The largest absolute Gasteiger partial charge is 0.380 e. The summed E-state index contributed by atoms with van der Waals surface area (Å²) in [5, 5.41) is 0. The molecule has 0 spiro atoms. The van der Waals surface area contributed by atoms with Gasteiger partial charge in [0.05, 0.1) is 6.61 Å². The Morgan fingerprint density at radius 3 is 2.70 bits per heavy atom. The Labute approximate surface area is 123 Å². The van der Waals surface area contributed by atoms with Crippen molar-refractivity contribution < 1.29 is 4.74 Å². The maximum Gasteiger partial charge on any atom is 0.0713 e. The lowest BCUT2D eigenvalue weighted by atomic mass is 9.92. The van der Waals surface area contributed by atoms with Crippen LogP contribution in [-0.4, -0.2) is 31.6 Å². The maximum absolute atomic E-state index is 6.06. The fourth-order valence-corrected chi connectivity index (χ4v) is 3.34. The highest BCUT2D eigenvalue weighted by atomic mass is 16.5. The van der Waals surface area contributed by atoms with Crippen LogP contribution in [0.15, 0.2) is 24.3 Å². The van der Waals surface area contributed by atoms with Crippen LogP contribution >= 0.6 is 0 Å². The van der Waals surface area contributed by atoms with E-state index in [1.54, 1.807) is 7.11 Å². The molecule has 112 valence electrons. The van der Waals surface area contributed by atoms with Crippen molar-refractivity contribution in [3.8, 4) is 0 Å². The molecule has 0 saturated heterocycles. The number of hydrogen-bond donors (Lipinski definition) is 1. The van der Waals surface area contributed by atoms with Gasteiger partial charge in [0.1, 0.15) is 0 Å². The van der Waals surface area contributed by atoms with Crippen LogP contribution in [0.25, 0.3) is 0 Å². The zero-order valence-electron chi connectivity index (χ0n) is 12.8. The molecule has 3 heteroatoms. The lowest BCUT2D eigenvalue weighted by Gasteiger charge is -2.37. The lowest BCUT2D eigenvalue weighted by molar-refractivity contribution is 0.140. The minimum Gasteiger partial charge on any atom is -0.380 e. The van der Waals surface area contributed by atoms with Gasteiger partial charge in [0.25, 0.3) is 0 Å². The van der Waals surface area contributed by atoms with Gasteiger partial charge in [0.15, 0.2) is 0 Å². The molecule has 3 nitrogen and oxygen atoms in total. The third-order valence-electron chi connectivity index (χ3n) is 4.51. The molecule has 0 heterocycles. The summed E-state index contributed by atoms with van der Waals surface area (Å²) in [6.45, 7) is 1.34. The number of hydrogen-bond acceptors (Lipinski definition) is 3. The average molecular weight is 276 g/mol. The van der Waals surface area contributed by atoms with Gasteiger partial charge in [-0.3, -0.25) is 4.90 Å². The van der Waals surface area contributed by atoms with E-state index in [1.807, 2.05) is 0 Å². The normalized spacial score (nSPS) is 18.4. The van der Waals surface area contributed by atoms with Crippen LogP contribution in [0.3, 0.4) is 0 Å². The summed E-state index contributed by atoms with van der Waals surface area (Å²) in [7, 11) is 3.97. The van der Waals surface area contributed by atoms with Crippen LogP contribution < -0.4 is 5.73 Å². The van der Waals surface area contributed by atoms with E-state index in [9.17, 15) is 0 Å². The monoisotopic (exact) mass is 276 g/mol. The van der Waals surface area contributed by atoms with E-state index in [2.05, 4.69) is 36.2 Å². The van der Waals surface area contributed by atoms with Gasteiger partial charge in [-0.1, -0.05) is 43.5 Å². The van der Waals surface area contributed by atoms with E-state index in [4.69, 9.17) is 10.5 Å². The maximum atomic E-state index is 6.06. The van der Waals surface area contributed by atoms with Crippen LogP contribution in [0, 0.1) is 0 Å². The Hall–Kier alpha value is -0.900. The Morgan fingerprint density at radius 2 is 2.05 bits per heavy atom. The standard InChI is InChI=1S/C17H28N2O/c1-19(16-9-4-3-5-10-16)17(12-18)15-8-6-7-14(11-15)13-20-2/h6-8,11,16-17H,3-5,9-10,12-13,18H2,1-2H3. The lowest BCUT2D eigenvalue weighted by Crippen LogP contribution is -2.39. The van der Waals surface area contributed by atoms with Crippen molar-refractivity contribution in [2.75, 3.05) is 20.7 Å². The van der Waals surface area contributed by atoms with Crippen molar-refractivity contribution in [2.24, 2.45) is 5.73 Å². The molecule has 1 aliphatic rings. The number of nitrogens with two attached hydrogens (primary N) is 1. The summed E-state index contributed by atoms with van der Waals surface area (Å²) < 4.78 is 5.23. The summed E-state index contributed by atoms with van der Waals surface area (Å²) >= 11 is 0. The van der Waals surface area contributed by atoms with Crippen molar-refractivity contribution in [3.05, 3.63) is 35.4 Å². The first-order valence-corrected chi connectivity index (χ1v) is 7.76. The zero-order valence-corrected chi connectivity index (χ0v) is 12.8. The molecule has 0 amide bonds. The first-order valence-electron chi connectivity index (χ1n) is 7.76. The fraction of sp³-hybridized carbons (Fsp3) is 0.647. The zero-order chi connectivity index (χ0) is 14.4. The second kappa shape index (κ2) is 7.77. The van der Waals surface area contributed by atoms with Gasteiger partial charge in [-0.2, -0.15) is 0 Å². The molecule has 0 bridgehead atoms. The second-order valence-electron chi connectivity index (χ2n) is 5.89. The van der Waals surface area contributed by atoms with E-state index >= 15 is 0 Å². The summed E-state index contributed by atoms with van der Waals surface area (Å²) in [4.78, 5) is 2.49.